The Morgan fingerprint density at radius 2 is 1.64 bits per heavy atom. The Bertz CT molecular complexity index is 1260. The number of piperidine rings is 1. The van der Waals surface area contributed by atoms with Crippen LogP contribution < -0.4 is 5.56 Å². The smallest absolute Gasteiger partial charge is 0.360 e. The number of aromatic nitrogens is 2. The molecule has 2 aromatic rings. The molecule has 4 fully saturated rings. The number of carboxylic acid groups (broad SMARTS) is 1. The first-order chi connectivity index (χ1) is 19.0. The summed E-state index contributed by atoms with van der Waals surface area (Å²) in [6.07, 6.45) is 13.8. The lowest BCUT2D eigenvalue weighted by Gasteiger charge is -2.48. The Hall–Kier alpha value is -2.78. The second kappa shape index (κ2) is 11.4. The zero-order valence-corrected chi connectivity index (χ0v) is 22.8. The van der Waals surface area contributed by atoms with E-state index in [4.69, 9.17) is 9.57 Å². The highest BCUT2D eigenvalue weighted by Gasteiger charge is 2.47. The standard InChI is InChI=1S/C30H40N4O5/c1-38-12-13-39-32-28(30(36)37)27-29(35)34(26-9-5-4-8-25(26)31-27)24-17-21-10-11-22(18-24)33(21)23-15-19-6-2-3-7-20(14-19)16-23/h4-5,8-9,19-24H,2-3,6-7,10-18H2,1H3,(H,36,37)/b32-28-/t19-,20+,21-,22+,23?,24?. The number of benzene rings is 1. The topological polar surface area (TPSA) is 106 Å². The fraction of sp³-hybridized carbons (Fsp3) is 0.667. The van der Waals surface area contributed by atoms with Gasteiger partial charge < -0.3 is 19.2 Å². The Kier molecular flexibility index (Phi) is 7.71. The summed E-state index contributed by atoms with van der Waals surface area (Å²) in [5.74, 6) is 0.414. The van der Waals surface area contributed by atoms with E-state index in [1.807, 2.05) is 28.8 Å². The summed E-state index contributed by atoms with van der Waals surface area (Å²) in [5.41, 5.74) is 0.277. The number of para-hydroxylation sites is 2. The molecule has 6 atom stereocenters. The molecule has 0 amide bonds. The zero-order valence-electron chi connectivity index (χ0n) is 22.8. The van der Waals surface area contributed by atoms with Crippen molar-refractivity contribution >= 4 is 22.7 Å². The molecule has 1 N–H and O–H groups in total. The largest absolute Gasteiger partial charge is 0.476 e. The van der Waals surface area contributed by atoms with Crippen LogP contribution in [0.5, 0.6) is 0 Å². The van der Waals surface area contributed by atoms with Gasteiger partial charge in [-0.25, -0.2) is 9.78 Å². The first-order valence-electron chi connectivity index (χ1n) is 14.7. The number of ether oxygens (including phenoxy) is 1. The van der Waals surface area contributed by atoms with Gasteiger partial charge in [0.05, 0.1) is 17.6 Å². The zero-order chi connectivity index (χ0) is 26.9. The molecule has 1 aromatic heterocycles. The molecule has 0 spiro atoms. The minimum Gasteiger partial charge on any atom is -0.476 e. The number of oxime groups is 1. The van der Waals surface area contributed by atoms with E-state index in [1.54, 1.807) is 0 Å². The van der Waals surface area contributed by atoms with E-state index in [0.717, 1.165) is 30.2 Å². The van der Waals surface area contributed by atoms with Gasteiger partial charge in [-0.2, -0.15) is 0 Å². The van der Waals surface area contributed by atoms with Gasteiger partial charge in [0.15, 0.2) is 5.69 Å². The van der Waals surface area contributed by atoms with Crippen molar-refractivity contribution in [3.8, 4) is 0 Å². The van der Waals surface area contributed by atoms with Gasteiger partial charge in [0.2, 0.25) is 5.71 Å². The van der Waals surface area contributed by atoms with E-state index in [2.05, 4.69) is 15.0 Å². The minimum absolute atomic E-state index is 0.00628. The molecular formula is C30H40N4O5. The minimum atomic E-state index is -1.34. The molecule has 2 saturated carbocycles. The Morgan fingerprint density at radius 1 is 0.949 bits per heavy atom. The molecule has 2 aliphatic carbocycles. The van der Waals surface area contributed by atoms with Gasteiger partial charge in [-0.3, -0.25) is 9.69 Å². The molecule has 9 nitrogen and oxygen atoms in total. The fourth-order valence-electron chi connectivity index (χ4n) is 8.19. The van der Waals surface area contributed by atoms with Gasteiger partial charge in [0, 0.05) is 31.3 Å². The van der Waals surface area contributed by atoms with Crippen LogP contribution in [0.2, 0.25) is 0 Å². The number of aliphatic carboxylic acids is 1. The van der Waals surface area contributed by atoms with Crippen LogP contribution in [0, 0.1) is 11.8 Å². The van der Waals surface area contributed by atoms with E-state index in [1.165, 1.54) is 64.9 Å². The van der Waals surface area contributed by atoms with Crippen molar-refractivity contribution in [2.75, 3.05) is 20.3 Å². The van der Waals surface area contributed by atoms with Crippen LogP contribution in [0.25, 0.3) is 11.0 Å². The first-order valence-corrected chi connectivity index (χ1v) is 14.7. The summed E-state index contributed by atoms with van der Waals surface area (Å²) in [6, 6.07) is 9.10. The summed E-state index contributed by atoms with van der Waals surface area (Å²) in [6.45, 7) is 0.343. The molecule has 1 aromatic carbocycles. The number of carbonyl (C=O) groups is 1. The van der Waals surface area contributed by atoms with Crippen molar-refractivity contribution in [2.45, 2.75) is 94.8 Å². The predicted molar refractivity (Wildman–Crippen MR) is 148 cm³/mol. The van der Waals surface area contributed by atoms with E-state index >= 15 is 0 Å². The molecule has 0 radical (unpaired) electrons. The average molecular weight is 537 g/mol. The van der Waals surface area contributed by atoms with E-state index in [-0.39, 0.29) is 24.9 Å². The summed E-state index contributed by atoms with van der Waals surface area (Å²) >= 11 is 0. The molecule has 6 rings (SSSR count). The third kappa shape index (κ3) is 5.23. The molecule has 2 saturated heterocycles. The van der Waals surface area contributed by atoms with E-state index in [0.29, 0.717) is 23.6 Å². The van der Waals surface area contributed by atoms with Gasteiger partial charge in [0.1, 0.15) is 6.61 Å². The highest BCUT2D eigenvalue weighted by atomic mass is 16.6. The Labute approximate surface area is 229 Å². The number of fused-ring (bicyclic) bond motifs is 5. The molecule has 9 heteroatoms. The van der Waals surface area contributed by atoms with E-state index < -0.39 is 17.2 Å². The van der Waals surface area contributed by atoms with Crippen LogP contribution in [0.3, 0.4) is 0 Å². The number of hydrogen-bond acceptors (Lipinski definition) is 7. The Morgan fingerprint density at radius 3 is 2.31 bits per heavy atom. The van der Waals surface area contributed by atoms with E-state index in [9.17, 15) is 14.7 Å². The van der Waals surface area contributed by atoms with Gasteiger partial charge in [0.25, 0.3) is 5.56 Å². The number of nitrogens with zero attached hydrogens (tertiary/aromatic N) is 4. The van der Waals surface area contributed by atoms with Crippen molar-refractivity contribution in [2.24, 2.45) is 17.0 Å². The van der Waals surface area contributed by atoms with Crippen molar-refractivity contribution in [3.63, 3.8) is 0 Å². The molecule has 3 heterocycles. The molecule has 4 bridgehead atoms. The monoisotopic (exact) mass is 536 g/mol. The van der Waals surface area contributed by atoms with Crippen LogP contribution in [0.15, 0.2) is 34.2 Å². The van der Waals surface area contributed by atoms with Crippen LogP contribution in [0.1, 0.15) is 82.4 Å². The lowest BCUT2D eigenvalue weighted by molar-refractivity contribution is -0.129. The lowest BCUT2D eigenvalue weighted by Crippen LogP contribution is -2.52. The summed E-state index contributed by atoms with van der Waals surface area (Å²) in [5, 5.41) is 13.7. The SMILES string of the molecule is COCCO/N=C(\C(=O)O)c1nc2ccccc2n(C2C[C@H]3CC[C@@H](C2)N3C2C[C@H]3CCCC[C@@H](C2)C3)c1=O. The molecule has 4 aliphatic rings. The van der Waals surface area contributed by atoms with Crippen molar-refractivity contribution in [1.82, 2.24) is 14.5 Å². The summed E-state index contributed by atoms with van der Waals surface area (Å²) < 4.78 is 6.76. The highest BCUT2D eigenvalue weighted by Crippen LogP contribution is 2.47. The predicted octanol–water partition coefficient (Wildman–Crippen LogP) is 4.38. The fourth-order valence-corrected chi connectivity index (χ4v) is 8.19. The van der Waals surface area contributed by atoms with Crippen LogP contribution in [-0.2, 0) is 14.4 Å². The average Bonchev–Trinajstić information content (AvgIpc) is 3.08. The van der Waals surface area contributed by atoms with Gasteiger partial charge >= 0.3 is 5.97 Å². The first kappa shape index (κ1) is 26.4. The number of methoxy groups -OCH3 is 1. The number of carboxylic acids is 1. The maximum Gasteiger partial charge on any atom is 0.360 e. The maximum atomic E-state index is 14.0. The normalized spacial score (nSPS) is 31.3. The Balaban J connectivity index is 1.32. The molecule has 2 aliphatic heterocycles. The second-order valence-corrected chi connectivity index (χ2v) is 12.0. The van der Waals surface area contributed by atoms with Crippen LogP contribution in [0.4, 0.5) is 0 Å². The molecule has 210 valence electrons. The summed E-state index contributed by atoms with van der Waals surface area (Å²) in [4.78, 5) is 38.6. The number of hydrogen-bond donors (Lipinski definition) is 1. The maximum absolute atomic E-state index is 14.0. The van der Waals surface area contributed by atoms with Gasteiger partial charge in [-0.15, -0.1) is 0 Å². The molecule has 2 unspecified atom stereocenters. The highest BCUT2D eigenvalue weighted by molar-refractivity contribution is 6.41. The second-order valence-electron chi connectivity index (χ2n) is 12.0. The van der Waals surface area contributed by atoms with Crippen molar-refractivity contribution in [1.29, 1.82) is 0 Å². The van der Waals surface area contributed by atoms with Crippen molar-refractivity contribution < 1.29 is 19.5 Å². The van der Waals surface area contributed by atoms with Crippen molar-refractivity contribution in [3.05, 3.63) is 40.3 Å². The molecular weight excluding hydrogens is 496 g/mol. The van der Waals surface area contributed by atoms with Crippen LogP contribution >= 0.6 is 0 Å². The summed E-state index contributed by atoms with van der Waals surface area (Å²) in [7, 11) is 1.52. The molecule has 39 heavy (non-hydrogen) atoms. The van der Waals surface area contributed by atoms with Crippen LogP contribution in [-0.4, -0.2) is 69.7 Å². The lowest BCUT2D eigenvalue weighted by atomic mass is 9.76. The number of rotatable bonds is 8. The quantitative estimate of drug-likeness (QED) is 0.303. The van der Waals surface area contributed by atoms with Gasteiger partial charge in [-0.1, -0.05) is 43.0 Å². The third-order valence-corrected chi connectivity index (χ3v) is 9.66. The third-order valence-electron chi connectivity index (χ3n) is 9.66. The van der Waals surface area contributed by atoms with Gasteiger partial charge in [-0.05, 0) is 68.9 Å².